The molecule has 0 heterocycles. The fourth-order valence-electron chi connectivity index (χ4n) is 2.97. The number of hydrogen-bond acceptors (Lipinski definition) is 5. The van der Waals surface area contributed by atoms with Crippen LogP contribution in [0.3, 0.4) is 0 Å². The topological polar surface area (TPSA) is 116 Å². The Morgan fingerprint density at radius 1 is 1.06 bits per heavy atom. The largest absolute Gasteiger partial charge is 0.338 e. The standard InChI is InChI=1S/C24H28N4O3/c1-24(2,25)21(23(30)28-31)27-22(29)19-11-9-17(10-12-19)4-3-16-5-7-18(8-6-16)15-26-20-13-14-20/h5-12,20-21,26,31H,13-15,25H2,1-2H3,(H,27,29)(H,28,30)/t21-/m0/s1. The van der Waals surface area contributed by atoms with Crippen molar-refractivity contribution in [2.75, 3.05) is 0 Å². The van der Waals surface area contributed by atoms with Gasteiger partial charge in [0.05, 0.1) is 0 Å². The first-order valence-electron chi connectivity index (χ1n) is 10.2. The molecule has 31 heavy (non-hydrogen) atoms. The summed E-state index contributed by atoms with van der Waals surface area (Å²) in [7, 11) is 0. The molecule has 0 spiro atoms. The van der Waals surface area contributed by atoms with Crippen molar-refractivity contribution in [1.82, 2.24) is 16.1 Å². The number of nitrogens with two attached hydrogens (primary N) is 1. The van der Waals surface area contributed by atoms with Gasteiger partial charge in [-0.25, -0.2) is 5.48 Å². The molecule has 3 rings (SSSR count). The first kappa shape index (κ1) is 22.5. The van der Waals surface area contributed by atoms with Gasteiger partial charge in [-0.05, 0) is 68.7 Å². The molecule has 0 radical (unpaired) electrons. The van der Waals surface area contributed by atoms with Gasteiger partial charge in [-0.3, -0.25) is 14.8 Å². The molecule has 0 saturated heterocycles. The van der Waals surface area contributed by atoms with E-state index in [1.54, 1.807) is 38.1 Å². The summed E-state index contributed by atoms with van der Waals surface area (Å²) in [4.78, 5) is 24.3. The molecule has 2 aromatic rings. The SMILES string of the molecule is CC(C)(N)[C@@H](NC(=O)c1ccc(C#Cc2ccc(CNC3CC3)cc2)cc1)C(=O)NO. The lowest BCUT2D eigenvalue weighted by Gasteiger charge is -2.29. The predicted octanol–water partition coefficient (Wildman–Crippen LogP) is 1.68. The maximum Gasteiger partial charge on any atom is 0.267 e. The minimum atomic E-state index is -1.09. The van der Waals surface area contributed by atoms with Gasteiger partial charge < -0.3 is 16.4 Å². The van der Waals surface area contributed by atoms with Gasteiger partial charge in [0.25, 0.3) is 11.8 Å². The zero-order valence-corrected chi connectivity index (χ0v) is 17.7. The first-order valence-corrected chi connectivity index (χ1v) is 10.2. The Kier molecular flexibility index (Phi) is 7.08. The Balaban J connectivity index is 1.61. The van der Waals surface area contributed by atoms with Crippen molar-refractivity contribution in [2.24, 2.45) is 5.73 Å². The van der Waals surface area contributed by atoms with Crippen LogP contribution in [0.15, 0.2) is 48.5 Å². The molecule has 0 aliphatic heterocycles. The Morgan fingerprint density at radius 3 is 2.10 bits per heavy atom. The highest BCUT2D eigenvalue weighted by atomic mass is 16.5. The van der Waals surface area contributed by atoms with Crippen molar-refractivity contribution in [1.29, 1.82) is 0 Å². The number of hydroxylamine groups is 1. The second-order valence-corrected chi connectivity index (χ2v) is 8.38. The minimum absolute atomic E-state index is 0.359. The molecule has 1 fully saturated rings. The molecule has 6 N–H and O–H groups in total. The highest BCUT2D eigenvalue weighted by molar-refractivity contribution is 5.97. The molecular weight excluding hydrogens is 392 g/mol. The number of carbonyl (C=O) groups excluding carboxylic acids is 2. The highest BCUT2D eigenvalue weighted by Gasteiger charge is 2.33. The van der Waals surface area contributed by atoms with E-state index in [2.05, 4.69) is 34.6 Å². The van der Waals surface area contributed by atoms with E-state index in [4.69, 9.17) is 10.9 Å². The Bertz CT molecular complexity index is 979. The van der Waals surface area contributed by atoms with E-state index in [-0.39, 0.29) is 0 Å². The van der Waals surface area contributed by atoms with Crippen LogP contribution < -0.4 is 21.8 Å². The van der Waals surface area contributed by atoms with Gasteiger partial charge in [0.1, 0.15) is 6.04 Å². The molecule has 1 aliphatic carbocycles. The average Bonchev–Trinajstić information content (AvgIpc) is 3.59. The average molecular weight is 421 g/mol. The fraction of sp³-hybridized carbons (Fsp3) is 0.333. The highest BCUT2D eigenvalue weighted by Crippen LogP contribution is 2.19. The third kappa shape index (κ3) is 6.66. The Morgan fingerprint density at radius 2 is 1.61 bits per heavy atom. The number of carbonyl (C=O) groups is 2. The molecule has 0 aromatic heterocycles. The molecule has 1 atom stereocenters. The first-order chi connectivity index (χ1) is 14.8. The maximum absolute atomic E-state index is 12.5. The molecule has 1 aliphatic rings. The summed E-state index contributed by atoms with van der Waals surface area (Å²) >= 11 is 0. The third-order valence-electron chi connectivity index (χ3n) is 5.02. The normalized spacial score (nSPS) is 14.2. The molecule has 2 amide bonds. The molecule has 0 bridgehead atoms. The molecule has 1 saturated carbocycles. The van der Waals surface area contributed by atoms with Gasteiger partial charge in [-0.2, -0.15) is 0 Å². The van der Waals surface area contributed by atoms with Gasteiger partial charge in [-0.1, -0.05) is 24.0 Å². The van der Waals surface area contributed by atoms with E-state index in [9.17, 15) is 9.59 Å². The Hall–Kier alpha value is -3.18. The second kappa shape index (κ2) is 9.75. The van der Waals surface area contributed by atoms with Gasteiger partial charge in [0, 0.05) is 34.8 Å². The number of nitrogens with one attached hydrogen (secondary N) is 3. The van der Waals surface area contributed by atoms with Crippen LogP contribution in [0.4, 0.5) is 0 Å². The summed E-state index contributed by atoms with van der Waals surface area (Å²) in [6.07, 6.45) is 2.54. The van der Waals surface area contributed by atoms with Gasteiger partial charge >= 0.3 is 0 Å². The zero-order chi connectivity index (χ0) is 22.4. The van der Waals surface area contributed by atoms with Crippen LogP contribution >= 0.6 is 0 Å². The summed E-state index contributed by atoms with van der Waals surface area (Å²) in [6, 6.07) is 14.5. The molecule has 7 heteroatoms. The quantitative estimate of drug-likeness (QED) is 0.265. The van der Waals surface area contributed by atoms with Crippen LogP contribution in [0.25, 0.3) is 0 Å². The predicted molar refractivity (Wildman–Crippen MR) is 118 cm³/mol. The fourth-order valence-corrected chi connectivity index (χ4v) is 2.97. The summed E-state index contributed by atoms with van der Waals surface area (Å²) in [5.74, 6) is 4.95. The summed E-state index contributed by atoms with van der Waals surface area (Å²) < 4.78 is 0. The Labute approximate surface area is 182 Å². The molecular formula is C24H28N4O3. The van der Waals surface area contributed by atoms with Crippen LogP contribution in [-0.4, -0.2) is 34.6 Å². The minimum Gasteiger partial charge on any atom is -0.338 e. The van der Waals surface area contributed by atoms with E-state index < -0.39 is 23.4 Å². The van der Waals surface area contributed by atoms with E-state index in [1.807, 2.05) is 12.1 Å². The van der Waals surface area contributed by atoms with Crippen molar-refractivity contribution in [3.05, 3.63) is 70.8 Å². The number of hydrogen-bond donors (Lipinski definition) is 5. The molecule has 162 valence electrons. The van der Waals surface area contributed by atoms with Crippen LogP contribution in [0, 0.1) is 11.8 Å². The van der Waals surface area contributed by atoms with Crippen molar-refractivity contribution in [3.8, 4) is 11.8 Å². The maximum atomic E-state index is 12.5. The van der Waals surface area contributed by atoms with E-state index in [0.717, 1.165) is 17.7 Å². The monoisotopic (exact) mass is 420 g/mol. The van der Waals surface area contributed by atoms with E-state index in [1.165, 1.54) is 23.9 Å². The van der Waals surface area contributed by atoms with Crippen molar-refractivity contribution in [3.63, 3.8) is 0 Å². The van der Waals surface area contributed by atoms with E-state index in [0.29, 0.717) is 11.6 Å². The molecule has 7 nitrogen and oxygen atoms in total. The number of rotatable bonds is 7. The van der Waals surface area contributed by atoms with Crippen molar-refractivity contribution >= 4 is 11.8 Å². The van der Waals surface area contributed by atoms with Crippen molar-refractivity contribution < 1.29 is 14.8 Å². The lowest BCUT2D eigenvalue weighted by atomic mass is 9.95. The molecule has 0 unspecified atom stereocenters. The van der Waals surface area contributed by atoms with Gasteiger partial charge in [-0.15, -0.1) is 0 Å². The zero-order valence-electron chi connectivity index (χ0n) is 17.7. The van der Waals surface area contributed by atoms with Crippen LogP contribution in [-0.2, 0) is 11.3 Å². The van der Waals surface area contributed by atoms with Crippen LogP contribution in [0.2, 0.25) is 0 Å². The van der Waals surface area contributed by atoms with Crippen LogP contribution in [0.1, 0.15) is 53.7 Å². The van der Waals surface area contributed by atoms with Gasteiger partial charge in [0.2, 0.25) is 0 Å². The second-order valence-electron chi connectivity index (χ2n) is 8.38. The summed E-state index contributed by atoms with van der Waals surface area (Å²) in [5, 5.41) is 14.9. The van der Waals surface area contributed by atoms with Crippen LogP contribution in [0.5, 0.6) is 0 Å². The smallest absolute Gasteiger partial charge is 0.267 e. The number of amides is 2. The summed E-state index contributed by atoms with van der Waals surface area (Å²) in [5.41, 5.74) is 9.69. The van der Waals surface area contributed by atoms with E-state index >= 15 is 0 Å². The lowest BCUT2D eigenvalue weighted by molar-refractivity contribution is -0.132. The molecule has 2 aromatic carbocycles. The van der Waals surface area contributed by atoms with Gasteiger partial charge in [0.15, 0.2) is 0 Å². The lowest BCUT2D eigenvalue weighted by Crippen LogP contribution is -2.61. The summed E-state index contributed by atoms with van der Waals surface area (Å²) in [6.45, 7) is 4.05. The van der Waals surface area contributed by atoms with Crippen molar-refractivity contribution in [2.45, 2.75) is 50.9 Å². The third-order valence-corrected chi connectivity index (χ3v) is 5.02. The number of benzene rings is 2.